The Bertz CT molecular complexity index is 542. The Morgan fingerprint density at radius 3 is 2.60 bits per heavy atom. The van der Waals surface area contributed by atoms with Gasteiger partial charge < -0.3 is 9.80 Å². The van der Waals surface area contributed by atoms with Gasteiger partial charge in [-0.2, -0.15) is 8.78 Å². The molecule has 0 spiro atoms. The SMILES string of the molecule is Cc1ccc(C(=O)N2CCN(C)C(=O)[C@@H]2C)n1C(F)F. The highest BCUT2D eigenvalue weighted by Crippen LogP contribution is 2.22. The molecule has 1 fully saturated rings. The van der Waals surface area contributed by atoms with E-state index in [0.29, 0.717) is 23.4 Å². The van der Waals surface area contributed by atoms with Crippen LogP contribution in [0.2, 0.25) is 0 Å². The van der Waals surface area contributed by atoms with Crippen molar-refractivity contribution in [3.63, 3.8) is 0 Å². The maximum absolute atomic E-state index is 13.0. The summed E-state index contributed by atoms with van der Waals surface area (Å²) in [5.74, 6) is -0.719. The summed E-state index contributed by atoms with van der Waals surface area (Å²) in [6.45, 7) is 1.10. The third kappa shape index (κ3) is 2.28. The smallest absolute Gasteiger partial charge is 0.319 e. The molecule has 1 saturated heterocycles. The fourth-order valence-corrected chi connectivity index (χ4v) is 2.42. The van der Waals surface area contributed by atoms with Gasteiger partial charge in [-0.3, -0.25) is 14.2 Å². The Morgan fingerprint density at radius 2 is 2.00 bits per heavy atom. The number of piperazine rings is 1. The number of carbonyl (C=O) groups excluding carboxylic acids is 2. The highest BCUT2D eigenvalue weighted by atomic mass is 19.3. The lowest BCUT2D eigenvalue weighted by Gasteiger charge is -2.37. The molecule has 7 heteroatoms. The second-order valence-corrected chi connectivity index (χ2v) is 4.94. The average Bonchev–Trinajstić information content (AvgIpc) is 2.77. The van der Waals surface area contributed by atoms with Crippen LogP contribution in [0.4, 0.5) is 8.78 Å². The molecule has 20 heavy (non-hydrogen) atoms. The zero-order chi connectivity index (χ0) is 15.0. The third-order valence-corrected chi connectivity index (χ3v) is 3.67. The van der Waals surface area contributed by atoms with Crippen LogP contribution in [0.5, 0.6) is 0 Å². The highest BCUT2D eigenvalue weighted by molar-refractivity contribution is 5.97. The number of aryl methyl sites for hydroxylation is 1. The minimum atomic E-state index is -2.78. The number of carbonyl (C=O) groups is 2. The topological polar surface area (TPSA) is 45.6 Å². The zero-order valence-corrected chi connectivity index (χ0v) is 11.6. The fourth-order valence-electron chi connectivity index (χ4n) is 2.42. The number of hydrogen-bond acceptors (Lipinski definition) is 2. The lowest BCUT2D eigenvalue weighted by Crippen LogP contribution is -2.56. The third-order valence-electron chi connectivity index (χ3n) is 3.67. The van der Waals surface area contributed by atoms with Gasteiger partial charge in [0, 0.05) is 25.8 Å². The number of hydrogen-bond donors (Lipinski definition) is 0. The van der Waals surface area contributed by atoms with Crippen molar-refractivity contribution in [1.82, 2.24) is 14.4 Å². The first-order valence-corrected chi connectivity index (χ1v) is 6.36. The van der Waals surface area contributed by atoms with Gasteiger partial charge in [-0.05, 0) is 26.0 Å². The maximum Gasteiger partial charge on any atom is 0.319 e. The second kappa shape index (κ2) is 5.22. The van der Waals surface area contributed by atoms with Gasteiger partial charge in [-0.1, -0.05) is 0 Å². The molecule has 1 aromatic heterocycles. The van der Waals surface area contributed by atoms with E-state index in [1.165, 1.54) is 28.9 Å². The standard InChI is InChI=1S/C13H17F2N3O2/c1-8-4-5-10(18(8)13(14)15)12(20)17-7-6-16(3)11(19)9(17)2/h4-5,9,13H,6-7H2,1-3H3/t9-/m0/s1. The van der Waals surface area contributed by atoms with Crippen molar-refractivity contribution in [2.24, 2.45) is 0 Å². The predicted molar refractivity (Wildman–Crippen MR) is 68.6 cm³/mol. The molecule has 2 rings (SSSR count). The van der Waals surface area contributed by atoms with E-state index in [1.54, 1.807) is 14.0 Å². The van der Waals surface area contributed by atoms with Crippen molar-refractivity contribution >= 4 is 11.8 Å². The summed E-state index contributed by atoms with van der Waals surface area (Å²) in [6, 6.07) is 2.21. The molecule has 5 nitrogen and oxygen atoms in total. The molecular weight excluding hydrogens is 268 g/mol. The first-order valence-electron chi connectivity index (χ1n) is 6.36. The minimum Gasteiger partial charge on any atom is -0.342 e. The van der Waals surface area contributed by atoms with Gasteiger partial charge in [0.05, 0.1) is 0 Å². The summed E-state index contributed by atoms with van der Waals surface area (Å²) < 4.78 is 26.7. The molecule has 0 aromatic carbocycles. The first kappa shape index (κ1) is 14.5. The van der Waals surface area contributed by atoms with E-state index in [9.17, 15) is 18.4 Å². The van der Waals surface area contributed by atoms with Crippen LogP contribution >= 0.6 is 0 Å². The second-order valence-electron chi connectivity index (χ2n) is 4.94. The summed E-state index contributed by atoms with van der Waals surface area (Å²) in [4.78, 5) is 27.2. The summed E-state index contributed by atoms with van der Waals surface area (Å²) >= 11 is 0. The first-order chi connectivity index (χ1) is 9.34. The summed E-state index contributed by atoms with van der Waals surface area (Å²) in [7, 11) is 1.66. The molecule has 1 atom stereocenters. The molecule has 1 aromatic rings. The average molecular weight is 285 g/mol. The quantitative estimate of drug-likeness (QED) is 0.826. The highest BCUT2D eigenvalue weighted by Gasteiger charge is 2.34. The van der Waals surface area contributed by atoms with Gasteiger partial charge in [-0.25, -0.2) is 0 Å². The number of nitrogens with zero attached hydrogens (tertiary/aromatic N) is 3. The van der Waals surface area contributed by atoms with E-state index in [-0.39, 0.29) is 11.6 Å². The van der Waals surface area contributed by atoms with Gasteiger partial charge in [0.15, 0.2) is 0 Å². The molecule has 1 aliphatic heterocycles. The molecule has 2 amide bonds. The van der Waals surface area contributed by atoms with Crippen LogP contribution in [-0.4, -0.2) is 52.4 Å². The van der Waals surface area contributed by atoms with Crippen LogP contribution in [0.3, 0.4) is 0 Å². The summed E-state index contributed by atoms with van der Waals surface area (Å²) in [5, 5.41) is 0. The predicted octanol–water partition coefficient (Wildman–Crippen LogP) is 1.49. The van der Waals surface area contributed by atoms with Gasteiger partial charge >= 0.3 is 6.55 Å². The summed E-state index contributed by atoms with van der Waals surface area (Å²) in [6.07, 6.45) is 0. The van der Waals surface area contributed by atoms with Crippen molar-refractivity contribution in [2.45, 2.75) is 26.4 Å². The van der Waals surface area contributed by atoms with Gasteiger partial charge in [0.25, 0.3) is 5.91 Å². The molecule has 2 heterocycles. The lowest BCUT2D eigenvalue weighted by atomic mass is 10.1. The Hall–Kier alpha value is -1.92. The van der Waals surface area contributed by atoms with Crippen molar-refractivity contribution in [1.29, 1.82) is 0 Å². The number of halogens is 2. The number of rotatable bonds is 2. The number of likely N-dealkylation sites (N-methyl/N-ethyl adjacent to an activating group) is 1. The maximum atomic E-state index is 13.0. The molecule has 0 N–H and O–H groups in total. The number of aromatic nitrogens is 1. The van der Waals surface area contributed by atoms with E-state index in [2.05, 4.69) is 0 Å². The Morgan fingerprint density at radius 1 is 1.35 bits per heavy atom. The molecular formula is C13H17F2N3O2. The van der Waals surface area contributed by atoms with Crippen molar-refractivity contribution in [2.75, 3.05) is 20.1 Å². The van der Waals surface area contributed by atoms with Crippen molar-refractivity contribution in [3.8, 4) is 0 Å². The van der Waals surface area contributed by atoms with Crippen molar-refractivity contribution in [3.05, 3.63) is 23.5 Å². The van der Waals surface area contributed by atoms with Crippen LogP contribution in [0.15, 0.2) is 12.1 Å². The Kier molecular flexibility index (Phi) is 3.78. The molecule has 0 saturated carbocycles. The molecule has 1 aliphatic rings. The molecule has 0 bridgehead atoms. The number of amides is 2. The number of alkyl halides is 2. The molecule has 0 unspecified atom stereocenters. The fraction of sp³-hybridized carbons (Fsp3) is 0.538. The molecule has 0 aliphatic carbocycles. The summed E-state index contributed by atoms with van der Waals surface area (Å²) in [5.41, 5.74) is 0.234. The van der Waals surface area contributed by atoms with Crippen LogP contribution < -0.4 is 0 Å². The van der Waals surface area contributed by atoms with Crippen molar-refractivity contribution < 1.29 is 18.4 Å². The van der Waals surface area contributed by atoms with Crippen LogP contribution in [0.25, 0.3) is 0 Å². The van der Waals surface area contributed by atoms with E-state index in [1.807, 2.05) is 0 Å². The van der Waals surface area contributed by atoms with E-state index in [0.717, 1.165) is 0 Å². The molecule has 110 valence electrons. The normalized spacial score (nSPS) is 19.9. The molecule has 0 radical (unpaired) electrons. The lowest BCUT2D eigenvalue weighted by molar-refractivity contribution is -0.137. The van der Waals surface area contributed by atoms with E-state index >= 15 is 0 Å². The van der Waals surface area contributed by atoms with Gasteiger partial charge in [0.1, 0.15) is 11.7 Å². The van der Waals surface area contributed by atoms with Crippen LogP contribution in [0.1, 0.15) is 29.7 Å². The monoisotopic (exact) mass is 285 g/mol. The zero-order valence-electron chi connectivity index (χ0n) is 11.6. The van der Waals surface area contributed by atoms with Gasteiger partial charge in [0.2, 0.25) is 5.91 Å². The largest absolute Gasteiger partial charge is 0.342 e. The Balaban J connectivity index is 2.30. The minimum absolute atomic E-state index is 0.0818. The van der Waals surface area contributed by atoms with E-state index in [4.69, 9.17) is 0 Å². The van der Waals surface area contributed by atoms with Crippen LogP contribution in [-0.2, 0) is 4.79 Å². The Labute approximate surface area is 115 Å². The van der Waals surface area contributed by atoms with Crippen LogP contribution in [0, 0.1) is 6.92 Å². The van der Waals surface area contributed by atoms with Gasteiger partial charge in [-0.15, -0.1) is 0 Å². The van der Waals surface area contributed by atoms with E-state index < -0.39 is 18.5 Å².